The highest BCUT2D eigenvalue weighted by Gasteiger charge is 2.23. The van der Waals surface area contributed by atoms with Gasteiger partial charge in [-0.25, -0.2) is 4.98 Å². The van der Waals surface area contributed by atoms with Crippen LogP contribution in [-0.2, 0) is 4.79 Å². The van der Waals surface area contributed by atoms with Gasteiger partial charge in [0.25, 0.3) is 11.8 Å². The SMILES string of the molecule is Cc1ccc2nc(-c3ccccc3)cc(C(=O)Nc3ccc4c(c3)N(C)C(=O)CO4)c2c1. The highest BCUT2D eigenvalue weighted by atomic mass is 16.5. The molecule has 6 heteroatoms. The van der Waals surface area contributed by atoms with E-state index in [9.17, 15) is 9.59 Å². The highest BCUT2D eigenvalue weighted by molar-refractivity contribution is 6.13. The van der Waals surface area contributed by atoms with E-state index in [1.807, 2.05) is 61.5 Å². The van der Waals surface area contributed by atoms with Gasteiger partial charge in [0, 0.05) is 23.7 Å². The van der Waals surface area contributed by atoms with E-state index in [0.29, 0.717) is 22.7 Å². The smallest absolute Gasteiger partial charge is 0.264 e. The molecule has 0 unspecified atom stereocenters. The van der Waals surface area contributed by atoms with E-state index < -0.39 is 0 Å². The van der Waals surface area contributed by atoms with E-state index in [2.05, 4.69) is 5.32 Å². The fraction of sp³-hybridized carbons (Fsp3) is 0.115. The van der Waals surface area contributed by atoms with Crippen LogP contribution < -0.4 is 15.0 Å². The summed E-state index contributed by atoms with van der Waals surface area (Å²) in [6, 6.07) is 22.8. The van der Waals surface area contributed by atoms with Gasteiger partial charge in [-0.1, -0.05) is 42.0 Å². The molecule has 2 heterocycles. The molecular formula is C26H21N3O3. The van der Waals surface area contributed by atoms with Crippen LogP contribution in [0, 0.1) is 6.92 Å². The van der Waals surface area contributed by atoms with E-state index in [1.54, 1.807) is 25.2 Å². The third-order valence-electron chi connectivity index (χ3n) is 5.58. The molecule has 1 aromatic heterocycles. The zero-order valence-electron chi connectivity index (χ0n) is 17.8. The minimum Gasteiger partial charge on any atom is -0.482 e. The summed E-state index contributed by atoms with van der Waals surface area (Å²) in [4.78, 5) is 31.7. The van der Waals surface area contributed by atoms with E-state index >= 15 is 0 Å². The molecule has 0 saturated carbocycles. The molecule has 0 aliphatic carbocycles. The Labute approximate surface area is 185 Å². The lowest BCUT2D eigenvalue weighted by atomic mass is 10.0. The molecule has 1 aliphatic rings. The van der Waals surface area contributed by atoms with Crippen molar-refractivity contribution in [2.24, 2.45) is 0 Å². The first-order chi connectivity index (χ1) is 15.5. The van der Waals surface area contributed by atoms with Crippen LogP contribution in [0.5, 0.6) is 5.75 Å². The molecule has 5 rings (SSSR count). The molecule has 1 N–H and O–H groups in total. The van der Waals surface area contributed by atoms with Gasteiger partial charge in [-0.3, -0.25) is 9.59 Å². The highest BCUT2D eigenvalue weighted by Crippen LogP contribution is 2.34. The number of benzene rings is 3. The Hall–Kier alpha value is -4.19. The second-order valence-electron chi connectivity index (χ2n) is 7.82. The van der Waals surface area contributed by atoms with Crippen molar-refractivity contribution >= 4 is 34.1 Å². The number of ether oxygens (including phenoxy) is 1. The Balaban J connectivity index is 1.56. The maximum absolute atomic E-state index is 13.4. The molecule has 0 radical (unpaired) electrons. The van der Waals surface area contributed by atoms with Gasteiger partial charge in [0.05, 0.1) is 22.5 Å². The number of hydrogen-bond donors (Lipinski definition) is 1. The Bertz CT molecular complexity index is 1370. The molecule has 2 amide bonds. The van der Waals surface area contributed by atoms with Crippen LogP contribution in [0.25, 0.3) is 22.2 Å². The average Bonchev–Trinajstić information content (AvgIpc) is 2.81. The van der Waals surface area contributed by atoms with Gasteiger partial charge < -0.3 is 15.0 Å². The number of fused-ring (bicyclic) bond motifs is 2. The minimum absolute atomic E-state index is 0.0137. The third kappa shape index (κ3) is 3.56. The van der Waals surface area contributed by atoms with Crippen molar-refractivity contribution in [3.05, 3.63) is 83.9 Å². The van der Waals surface area contributed by atoms with E-state index in [1.165, 1.54) is 4.90 Å². The van der Waals surface area contributed by atoms with E-state index in [-0.39, 0.29) is 18.4 Å². The first-order valence-corrected chi connectivity index (χ1v) is 10.3. The van der Waals surface area contributed by atoms with Gasteiger partial charge in [0.2, 0.25) is 0 Å². The Morgan fingerprint density at radius 2 is 1.84 bits per heavy atom. The van der Waals surface area contributed by atoms with E-state index in [0.717, 1.165) is 27.7 Å². The van der Waals surface area contributed by atoms with Crippen LogP contribution in [0.15, 0.2) is 72.8 Å². The summed E-state index contributed by atoms with van der Waals surface area (Å²) >= 11 is 0. The van der Waals surface area contributed by atoms with Gasteiger partial charge in [-0.05, 0) is 43.3 Å². The summed E-state index contributed by atoms with van der Waals surface area (Å²) < 4.78 is 5.47. The lowest BCUT2D eigenvalue weighted by Crippen LogP contribution is -2.35. The fourth-order valence-electron chi connectivity index (χ4n) is 3.83. The second-order valence-corrected chi connectivity index (χ2v) is 7.82. The van der Waals surface area contributed by atoms with Crippen molar-refractivity contribution < 1.29 is 14.3 Å². The predicted octanol–water partition coefficient (Wildman–Crippen LogP) is 4.82. The van der Waals surface area contributed by atoms with Crippen LogP contribution in [0.4, 0.5) is 11.4 Å². The van der Waals surface area contributed by atoms with Crippen molar-refractivity contribution in [2.45, 2.75) is 6.92 Å². The molecule has 158 valence electrons. The lowest BCUT2D eigenvalue weighted by Gasteiger charge is -2.26. The molecule has 0 spiro atoms. The maximum atomic E-state index is 13.4. The summed E-state index contributed by atoms with van der Waals surface area (Å²) in [7, 11) is 1.70. The first-order valence-electron chi connectivity index (χ1n) is 10.3. The Morgan fingerprint density at radius 3 is 2.66 bits per heavy atom. The van der Waals surface area contributed by atoms with Crippen LogP contribution in [0.3, 0.4) is 0 Å². The van der Waals surface area contributed by atoms with E-state index in [4.69, 9.17) is 9.72 Å². The van der Waals surface area contributed by atoms with Crippen molar-refractivity contribution in [3.8, 4) is 17.0 Å². The number of amides is 2. The Morgan fingerprint density at radius 1 is 1.03 bits per heavy atom. The lowest BCUT2D eigenvalue weighted by molar-refractivity contribution is -0.120. The Kier molecular flexibility index (Phi) is 4.82. The summed E-state index contributed by atoms with van der Waals surface area (Å²) in [5.74, 6) is 0.233. The van der Waals surface area contributed by atoms with Gasteiger partial charge in [-0.15, -0.1) is 0 Å². The number of likely N-dealkylation sites (N-methyl/N-ethyl adjacent to an activating group) is 1. The number of carbonyl (C=O) groups excluding carboxylic acids is 2. The third-order valence-corrected chi connectivity index (χ3v) is 5.58. The van der Waals surface area contributed by atoms with Gasteiger partial charge in [0.1, 0.15) is 5.75 Å². The number of aromatic nitrogens is 1. The summed E-state index contributed by atoms with van der Waals surface area (Å²) in [5.41, 5.74) is 5.22. The minimum atomic E-state index is -0.245. The summed E-state index contributed by atoms with van der Waals surface area (Å²) in [5, 5.41) is 3.76. The molecule has 6 nitrogen and oxygen atoms in total. The van der Waals surface area contributed by atoms with Crippen LogP contribution in [0.2, 0.25) is 0 Å². The van der Waals surface area contributed by atoms with Crippen molar-refractivity contribution in [1.82, 2.24) is 4.98 Å². The molecule has 0 fully saturated rings. The van der Waals surface area contributed by atoms with Crippen LogP contribution in [-0.4, -0.2) is 30.5 Å². The molecule has 3 aromatic carbocycles. The van der Waals surface area contributed by atoms with Crippen molar-refractivity contribution in [1.29, 1.82) is 0 Å². The number of carbonyl (C=O) groups is 2. The number of hydrogen-bond acceptors (Lipinski definition) is 4. The number of nitrogens with zero attached hydrogens (tertiary/aromatic N) is 2. The van der Waals surface area contributed by atoms with Gasteiger partial charge in [-0.2, -0.15) is 0 Å². The number of pyridine rings is 1. The quantitative estimate of drug-likeness (QED) is 0.513. The van der Waals surface area contributed by atoms with Crippen molar-refractivity contribution in [3.63, 3.8) is 0 Å². The largest absolute Gasteiger partial charge is 0.482 e. The first kappa shape index (κ1) is 19.8. The monoisotopic (exact) mass is 423 g/mol. The van der Waals surface area contributed by atoms with Gasteiger partial charge >= 0.3 is 0 Å². The predicted molar refractivity (Wildman–Crippen MR) is 125 cm³/mol. The molecule has 0 saturated heterocycles. The molecule has 0 atom stereocenters. The summed E-state index contributed by atoms with van der Waals surface area (Å²) in [6.07, 6.45) is 0. The number of nitrogens with one attached hydrogen (secondary N) is 1. The standard InChI is InChI=1S/C26H21N3O3/c1-16-8-10-21-19(12-16)20(14-22(28-21)17-6-4-3-5-7-17)26(31)27-18-9-11-24-23(13-18)29(2)25(30)15-32-24/h3-14H,15H2,1-2H3,(H,27,31). The molecule has 1 aliphatic heterocycles. The molecule has 0 bridgehead atoms. The normalized spacial score (nSPS) is 12.9. The molecular weight excluding hydrogens is 402 g/mol. The van der Waals surface area contributed by atoms with Crippen LogP contribution in [0.1, 0.15) is 15.9 Å². The maximum Gasteiger partial charge on any atom is 0.264 e. The van der Waals surface area contributed by atoms with Crippen LogP contribution >= 0.6 is 0 Å². The number of rotatable bonds is 3. The zero-order valence-corrected chi connectivity index (χ0v) is 17.8. The van der Waals surface area contributed by atoms with Crippen molar-refractivity contribution in [2.75, 3.05) is 23.9 Å². The topological polar surface area (TPSA) is 71.5 Å². The van der Waals surface area contributed by atoms with Gasteiger partial charge in [0.15, 0.2) is 6.61 Å². The molecule has 32 heavy (non-hydrogen) atoms. The average molecular weight is 423 g/mol. The zero-order chi connectivity index (χ0) is 22.2. The second kappa shape index (κ2) is 7.81. The fourth-order valence-corrected chi connectivity index (χ4v) is 3.83. The molecule has 4 aromatic rings. The number of anilines is 2. The summed E-state index contributed by atoms with van der Waals surface area (Å²) in [6.45, 7) is 2.00. The number of aryl methyl sites for hydroxylation is 1.